The van der Waals surface area contributed by atoms with Crippen LogP contribution in [0.25, 0.3) is 0 Å². The Morgan fingerprint density at radius 3 is 2.80 bits per heavy atom. The Balaban J connectivity index is 2.35. The first-order chi connectivity index (χ1) is 9.52. The first-order valence-corrected chi connectivity index (χ1v) is 6.96. The van der Waals surface area contributed by atoms with Gasteiger partial charge in [0.25, 0.3) is 5.91 Å². The van der Waals surface area contributed by atoms with Gasteiger partial charge in [-0.05, 0) is 42.8 Å². The predicted molar refractivity (Wildman–Crippen MR) is 83.0 cm³/mol. The van der Waals surface area contributed by atoms with Crippen LogP contribution in [0.1, 0.15) is 21.5 Å². The Kier molecular flexibility index (Phi) is 4.43. The summed E-state index contributed by atoms with van der Waals surface area (Å²) in [5.41, 5.74) is 2.16. The summed E-state index contributed by atoms with van der Waals surface area (Å²) < 4.78 is 0.858. The summed E-state index contributed by atoms with van der Waals surface area (Å²) in [5.74, 6) is -0.275. The molecule has 0 aliphatic carbocycles. The van der Waals surface area contributed by atoms with Gasteiger partial charge in [-0.3, -0.25) is 4.79 Å². The van der Waals surface area contributed by atoms with Gasteiger partial charge in [0.15, 0.2) is 0 Å². The molecule has 2 aromatic carbocycles. The third kappa shape index (κ3) is 3.01. The van der Waals surface area contributed by atoms with Crippen LogP contribution in [0.15, 0.2) is 40.9 Å². The van der Waals surface area contributed by atoms with E-state index in [2.05, 4.69) is 21.2 Å². The van der Waals surface area contributed by atoms with Crippen LogP contribution in [-0.4, -0.2) is 5.91 Å². The molecule has 3 nitrogen and oxygen atoms in total. The van der Waals surface area contributed by atoms with Gasteiger partial charge >= 0.3 is 0 Å². The lowest BCUT2D eigenvalue weighted by molar-refractivity contribution is 0.102. The minimum absolute atomic E-state index is 0.275. The number of nitrogens with one attached hydrogen (secondary N) is 1. The zero-order chi connectivity index (χ0) is 14.7. The predicted octanol–water partition coefficient (Wildman–Crippen LogP) is 4.53. The maximum atomic E-state index is 12.3. The van der Waals surface area contributed by atoms with Crippen molar-refractivity contribution in [1.29, 1.82) is 5.26 Å². The monoisotopic (exact) mass is 348 g/mol. The molecule has 0 atom stereocenters. The number of rotatable bonds is 2. The number of carbonyl (C=O) groups is 1. The van der Waals surface area contributed by atoms with E-state index >= 15 is 0 Å². The second-order valence-corrected chi connectivity index (χ2v) is 5.46. The molecule has 2 rings (SSSR count). The minimum Gasteiger partial charge on any atom is -0.321 e. The molecule has 2 aromatic rings. The van der Waals surface area contributed by atoms with Gasteiger partial charge in [0.1, 0.15) is 6.07 Å². The third-order valence-electron chi connectivity index (χ3n) is 2.86. The Hall–Kier alpha value is -1.83. The van der Waals surface area contributed by atoms with Crippen molar-refractivity contribution in [1.82, 2.24) is 0 Å². The zero-order valence-electron chi connectivity index (χ0n) is 10.6. The lowest BCUT2D eigenvalue weighted by atomic mass is 10.1. The van der Waals surface area contributed by atoms with Gasteiger partial charge < -0.3 is 5.32 Å². The van der Waals surface area contributed by atoms with Gasteiger partial charge in [0.2, 0.25) is 0 Å². The summed E-state index contributed by atoms with van der Waals surface area (Å²) in [6.45, 7) is 1.85. The highest BCUT2D eigenvalue weighted by molar-refractivity contribution is 9.10. The van der Waals surface area contributed by atoms with Crippen molar-refractivity contribution in [3.8, 4) is 6.07 Å². The highest BCUT2D eigenvalue weighted by atomic mass is 79.9. The van der Waals surface area contributed by atoms with E-state index in [9.17, 15) is 4.79 Å². The van der Waals surface area contributed by atoms with Crippen molar-refractivity contribution in [3.05, 3.63) is 62.6 Å². The molecule has 0 saturated heterocycles. The van der Waals surface area contributed by atoms with Gasteiger partial charge in [-0.15, -0.1) is 0 Å². The molecule has 0 unspecified atom stereocenters. The third-order valence-corrected chi connectivity index (χ3v) is 3.96. The summed E-state index contributed by atoms with van der Waals surface area (Å²) in [6, 6.07) is 12.2. The van der Waals surface area contributed by atoms with Crippen molar-refractivity contribution in [2.45, 2.75) is 6.92 Å². The summed E-state index contributed by atoms with van der Waals surface area (Å²) >= 11 is 9.28. The summed E-state index contributed by atoms with van der Waals surface area (Å²) in [5, 5.41) is 12.2. The SMILES string of the molecule is Cc1c(Br)cccc1C(=O)Nc1cc(Cl)ccc1C#N. The number of carbonyl (C=O) groups excluding carboxylic acids is 1. The van der Waals surface area contributed by atoms with Gasteiger partial charge in [-0.2, -0.15) is 5.26 Å². The van der Waals surface area contributed by atoms with Crippen LogP contribution in [-0.2, 0) is 0 Å². The molecule has 0 aliphatic heterocycles. The first kappa shape index (κ1) is 14.6. The molecule has 1 N–H and O–H groups in total. The van der Waals surface area contributed by atoms with Gasteiger partial charge in [-0.1, -0.05) is 33.6 Å². The van der Waals surface area contributed by atoms with Crippen molar-refractivity contribution in [2.75, 3.05) is 5.32 Å². The van der Waals surface area contributed by atoms with E-state index in [-0.39, 0.29) is 5.91 Å². The fourth-order valence-electron chi connectivity index (χ4n) is 1.76. The molecule has 0 spiro atoms. The second-order valence-electron chi connectivity index (χ2n) is 4.17. The fraction of sp³-hybridized carbons (Fsp3) is 0.0667. The number of nitriles is 1. The quantitative estimate of drug-likeness (QED) is 0.865. The van der Waals surface area contributed by atoms with Crippen molar-refractivity contribution >= 4 is 39.1 Å². The minimum atomic E-state index is -0.275. The number of benzene rings is 2. The van der Waals surface area contributed by atoms with Gasteiger partial charge in [-0.25, -0.2) is 0 Å². The van der Waals surface area contributed by atoms with Crippen molar-refractivity contribution < 1.29 is 4.79 Å². The largest absolute Gasteiger partial charge is 0.321 e. The van der Waals surface area contributed by atoms with Crippen molar-refractivity contribution in [3.63, 3.8) is 0 Å². The highest BCUT2D eigenvalue weighted by Gasteiger charge is 2.13. The molecule has 1 amide bonds. The maximum Gasteiger partial charge on any atom is 0.256 e. The molecule has 0 heterocycles. The molecule has 0 aliphatic rings. The highest BCUT2D eigenvalue weighted by Crippen LogP contribution is 2.23. The standard InChI is InChI=1S/C15H10BrClN2O/c1-9-12(3-2-4-13(9)16)15(20)19-14-7-11(17)6-5-10(14)8-18/h2-7H,1H3,(H,19,20). The molecule has 20 heavy (non-hydrogen) atoms. The second kappa shape index (κ2) is 6.08. The van der Waals surface area contributed by atoms with Crippen molar-refractivity contribution in [2.24, 2.45) is 0 Å². The van der Waals surface area contributed by atoms with Gasteiger partial charge in [0, 0.05) is 15.1 Å². The van der Waals surface area contributed by atoms with Crippen LogP contribution in [0, 0.1) is 18.3 Å². The Morgan fingerprint density at radius 2 is 2.10 bits per heavy atom. The molecule has 5 heteroatoms. The Bertz CT molecular complexity index is 722. The molecular weight excluding hydrogens is 340 g/mol. The van der Waals surface area contributed by atoms with E-state index in [1.54, 1.807) is 30.3 Å². The lowest BCUT2D eigenvalue weighted by Crippen LogP contribution is -2.14. The normalized spacial score (nSPS) is 9.90. The molecule has 100 valence electrons. The molecular formula is C15H10BrClN2O. The summed E-state index contributed by atoms with van der Waals surface area (Å²) in [4.78, 5) is 12.3. The van der Waals surface area contributed by atoms with Crippen LogP contribution >= 0.6 is 27.5 Å². The van der Waals surface area contributed by atoms with E-state index in [4.69, 9.17) is 16.9 Å². The van der Waals surface area contributed by atoms with Crippen LogP contribution in [0.4, 0.5) is 5.69 Å². The smallest absolute Gasteiger partial charge is 0.256 e. The average molecular weight is 350 g/mol. The molecule has 0 radical (unpaired) electrons. The van der Waals surface area contributed by atoms with E-state index in [1.165, 1.54) is 0 Å². The maximum absolute atomic E-state index is 12.3. The summed E-state index contributed by atoms with van der Waals surface area (Å²) in [7, 11) is 0. The topological polar surface area (TPSA) is 52.9 Å². The number of hydrogen-bond donors (Lipinski definition) is 1. The lowest BCUT2D eigenvalue weighted by Gasteiger charge is -2.10. The van der Waals surface area contributed by atoms with Crippen LogP contribution < -0.4 is 5.32 Å². The van der Waals surface area contributed by atoms with E-state index in [0.717, 1.165) is 10.0 Å². The van der Waals surface area contributed by atoms with Crippen LogP contribution in [0.3, 0.4) is 0 Å². The van der Waals surface area contributed by atoms with Crippen LogP contribution in [0.2, 0.25) is 5.02 Å². The van der Waals surface area contributed by atoms with E-state index in [1.807, 2.05) is 19.1 Å². The molecule has 0 aromatic heterocycles. The number of nitrogens with zero attached hydrogens (tertiary/aromatic N) is 1. The Morgan fingerprint density at radius 1 is 1.35 bits per heavy atom. The average Bonchev–Trinajstić information content (AvgIpc) is 2.42. The number of halogens is 2. The molecule has 0 bridgehead atoms. The first-order valence-electron chi connectivity index (χ1n) is 5.79. The zero-order valence-corrected chi connectivity index (χ0v) is 12.9. The molecule has 0 saturated carbocycles. The fourth-order valence-corrected chi connectivity index (χ4v) is 2.30. The van der Waals surface area contributed by atoms with E-state index < -0.39 is 0 Å². The van der Waals surface area contributed by atoms with Gasteiger partial charge in [0.05, 0.1) is 11.3 Å². The summed E-state index contributed by atoms with van der Waals surface area (Å²) in [6.07, 6.45) is 0. The molecule has 0 fully saturated rings. The van der Waals surface area contributed by atoms with Crippen LogP contribution in [0.5, 0.6) is 0 Å². The Labute approximate surface area is 130 Å². The number of hydrogen-bond acceptors (Lipinski definition) is 2. The number of anilines is 1. The number of amides is 1. The van der Waals surface area contributed by atoms with E-state index in [0.29, 0.717) is 21.8 Å².